The van der Waals surface area contributed by atoms with E-state index >= 15 is 0 Å². The van der Waals surface area contributed by atoms with Crippen molar-refractivity contribution in [3.8, 4) is 0 Å². The number of nitrogens with zero attached hydrogens (tertiary/aromatic N) is 2. The topological polar surface area (TPSA) is 33.2 Å². The fraction of sp³-hybridized carbons (Fsp3) is 0.333. The molecule has 0 radical (unpaired) electrons. The molecule has 1 saturated heterocycles. The minimum atomic E-state index is 0.134. The molecule has 3 rings (SSSR count). The lowest BCUT2D eigenvalue weighted by atomic mass is 9.94. The Balaban J connectivity index is 1.90. The molecule has 1 aromatic heterocycles. The average Bonchev–Trinajstić information content (AvgIpc) is 2.55. The Labute approximate surface area is 125 Å². The van der Waals surface area contributed by atoms with Crippen molar-refractivity contribution < 1.29 is 4.79 Å². The zero-order valence-corrected chi connectivity index (χ0v) is 12.3. The van der Waals surface area contributed by atoms with Gasteiger partial charge in [-0.3, -0.25) is 9.78 Å². The number of carbonyl (C=O) groups excluding carboxylic acids is 1. The molecule has 0 bridgehead atoms. The van der Waals surface area contributed by atoms with Crippen LogP contribution in [-0.4, -0.2) is 22.3 Å². The van der Waals surface area contributed by atoms with Gasteiger partial charge in [-0.2, -0.15) is 0 Å². The van der Waals surface area contributed by atoms with Crippen molar-refractivity contribution in [1.82, 2.24) is 9.88 Å². The Bertz CT molecular complexity index is 624. The fourth-order valence-electron chi connectivity index (χ4n) is 3.04. The number of carbonyl (C=O) groups is 1. The van der Waals surface area contributed by atoms with E-state index in [0.717, 1.165) is 30.6 Å². The number of piperidine rings is 1. The highest BCUT2D eigenvalue weighted by Gasteiger charge is 2.28. The monoisotopic (exact) mass is 280 g/mol. The highest BCUT2D eigenvalue weighted by atomic mass is 16.2. The lowest BCUT2D eigenvalue weighted by Crippen LogP contribution is -2.38. The predicted octanol–water partition coefficient (Wildman–Crippen LogP) is 3.76. The van der Waals surface area contributed by atoms with Gasteiger partial charge in [0.2, 0.25) is 0 Å². The molecule has 1 aromatic carbocycles. The Morgan fingerprint density at radius 2 is 2.00 bits per heavy atom. The molecule has 3 nitrogen and oxygen atoms in total. The van der Waals surface area contributed by atoms with Crippen LogP contribution in [0.4, 0.5) is 0 Å². The van der Waals surface area contributed by atoms with Gasteiger partial charge >= 0.3 is 0 Å². The molecule has 1 aliphatic rings. The van der Waals surface area contributed by atoms with Crippen LogP contribution in [-0.2, 0) is 0 Å². The molecule has 1 atom stereocenters. The second-order valence-electron chi connectivity index (χ2n) is 5.61. The third-order valence-electron chi connectivity index (χ3n) is 4.09. The molecule has 1 aliphatic heterocycles. The van der Waals surface area contributed by atoms with Gasteiger partial charge in [-0.25, -0.2) is 0 Å². The van der Waals surface area contributed by atoms with Crippen molar-refractivity contribution in [3.05, 3.63) is 65.5 Å². The second kappa shape index (κ2) is 6.08. The summed E-state index contributed by atoms with van der Waals surface area (Å²) in [5.41, 5.74) is 2.98. The maximum absolute atomic E-state index is 12.8. The molecule has 21 heavy (non-hydrogen) atoms. The van der Waals surface area contributed by atoms with Gasteiger partial charge in [0.25, 0.3) is 5.91 Å². The summed E-state index contributed by atoms with van der Waals surface area (Å²) in [5.74, 6) is 0.134. The van der Waals surface area contributed by atoms with E-state index in [-0.39, 0.29) is 11.9 Å². The van der Waals surface area contributed by atoms with Gasteiger partial charge in [0.05, 0.1) is 6.04 Å². The number of hydrogen-bond donors (Lipinski definition) is 0. The van der Waals surface area contributed by atoms with E-state index in [0.29, 0.717) is 0 Å². The number of benzene rings is 1. The number of aryl methyl sites for hydroxylation is 1. The van der Waals surface area contributed by atoms with Crippen LogP contribution in [0.3, 0.4) is 0 Å². The number of amides is 1. The molecule has 0 spiro atoms. The fourth-order valence-corrected chi connectivity index (χ4v) is 3.04. The summed E-state index contributed by atoms with van der Waals surface area (Å²) in [5, 5.41) is 0. The normalized spacial score (nSPS) is 18.5. The van der Waals surface area contributed by atoms with Crippen molar-refractivity contribution in [2.75, 3.05) is 6.54 Å². The standard InChI is InChI=1S/C18H20N2O/c1-14-13-16(10-11-19-14)17-9-5-6-12-20(17)18(21)15-7-3-2-4-8-15/h2-4,7-8,10-11,13,17H,5-6,9,12H2,1H3/t17-/m0/s1. The average molecular weight is 280 g/mol. The molecule has 0 N–H and O–H groups in total. The minimum Gasteiger partial charge on any atom is -0.332 e. The van der Waals surface area contributed by atoms with Crippen LogP contribution in [0.15, 0.2) is 48.7 Å². The van der Waals surface area contributed by atoms with Crippen LogP contribution in [0.2, 0.25) is 0 Å². The molecular formula is C18H20N2O. The van der Waals surface area contributed by atoms with Gasteiger partial charge in [-0.1, -0.05) is 18.2 Å². The lowest BCUT2D eigenvalue weighted by Gasteiger charge is -2.36. The molecule has 0 unspecified atom stereocenters. The third kappa shape index (κ3) is 2.97. The van der Waals surface area contributed by atoms with Gasteiger partial charge in [0.1, 0.15) is 0 Å². The van der Waals surface area contributed by atoms with Gasteiger partial charge in [0, 0.05) is 24.0 Å². The van der Waals surface area contributed by atoms with E-state index in [1.165, 1.54) is 12.0 Å². The molecule has 0 saturated carbocycles. The molecule has 2 aromatic rings. The third-order valence-corrected chi connectivity index (χ3v) is 4.09. The Morgan fingerprint density at radius 1 is 1.19 bits per heavy atom. The maximum atomic E-state index is 12.8. The number of aromatic nitrogens is 1. The highest BCUT2D eigenvalue weighted by Crippen LogP contribution is 2.32. The first-order chi connectivity index (χ1) is 10.3. The quantitative estimate of drug-likeness (QED) is 0.839. The first-order valence-electron chi connectivity index (χ1n) is 7.54. The van der Waals surface area contributed by atoms with Gasteiger partial charge in [-0.15, -0.1) is 0 Å². The van der Waals surface area contributed by atoms with Crippen molar-refractivity contribution in [2.45, 2.75) is 32.2 Å². The summed E-state index contributed by atoms with van der Waals surface area (Å²) in [6.07, 6.45) is 5.12. The second-order valence-corrected chi connectivity index (χ2v) is 5.61. The summed E-state index contributed by atoms with van der Waals surface area (Å²) >= 11 is 0. The highest BCUT2D eigenvalue weighted by molar-refractivity contribution is 5.94. The zero-order valence-electron chi connectivity index (χ0n) is 12.3. The summed E-state index contributed by atoms with van der Waals surface area (Å²) in [6, 6.07) is 13.9. The summed E-state index contributed by atoms with van der Waals surface area (Å²) in [6.45, 7) is 2.83. The molecule has 2 heterocycles. The van der Waals surface area contributed by atoms with E-state index in [1.54, 1.807) is 0 Å². The van der Waals surface area contributed by atoms with Crippen LogP contribution in [0, 0.1) is 6.92 Å². The van der Waals surface area contributed by atoms with Gasteiger partial charge < -0.3 is 4.90 Å². The number of rotatable bonds is 2. The van der Waals surface area contributed by atoms with Crippen molar-refractivity contribution in [3.63, 3.8) is 0 Å². The van der Waals surface area contributed by atoms with Crippen LogP contribution < -0.4 is 0 Å². The van der Waals surface area contributed by atoms with Crippen LogP contribution in [0.1, 0.15) is 46.9 Å². The molecular weight excluding hydrogens is 260 g/mol. The van der Waals surface area contributed by atoms with E-state index in [9.17, 15) is 4.79 Å². The van der Waals surface area contributed by atoms with E-state index in [1.807, 2.05) is 54.4 Å². The Morgan fingerprint density at radius 3 is 2.76 bits per heavy atom. The first-order valence-corrected chi connectivity index (χ1v) is 7.54. The molecule has 1 amide bonds. The number of hydrogen-bond acceptors (Lipinski definition) is 2. The first kappa shape index (κ1) is 13.8. The predicted molar refractivity (Wildman–Crippen MR) is 83.0 cm³/mol. The summed E-state index contributed by atoms with van der Waals surface area (Å²) in [4.78, 5) is 19.1. The Hall–Kier alpha value is -2.16. The lowest BCUT2D eigenvalue weighted by molar-refractivity contribution is 0.0611. The smallest absolute Gasteiger partial charge is 0.254 e. The molecule has 3 heteroatoms. The van der Waals surface area contributed by atoms with E-state index in [2.05, 4.69) is 11.1 Å². The van der Waals surface area contributed by atoms with Crippen LogP contribution in [0.25, 0.3) is 0 Å². The minimum absolute atomic E-state index is 0.134. The Kier molecular flexibility index (Phi) is 4.00. The summed E-state index contributed by atoms with van der Waals surface area (Å²) in [7, 11) is 0. The SMILES string of the molecule is Cc1cc([C@@H]2CCCCN2C(=O)c2ccccc2)ccn1. The van der Waals surface area contributed by atoms with E-state index < -0.39 is 0 Å². The van der Waals surface area contributed by atoms with E-state index in [4.69, 9.17) is 0 Å². The number of pyridine rings is 1. The van der Waals surface area contributed by atoms with Crippen molar-refractivity contribution >= 4 is 5.91 Å². The molecule has 108 valence electrons. The zero-order chi connectivity index (χ0) is 14.7. The number of likely N-dealkylation sites (tertiary alicyclic amines) is 1. The van der Waals surface area contributed by atoms with Gasteiger partial charge in [0.15, 0.2) is 0 Å². The summed E-state index contributed by atoms with van der Waals surface area (Å²) < 4.78 is 0. The molecule has 0 aliphatic carbocycles. The maximum Gasteiger partial charge on any atom is 0.254 e. The molecule has 1 fully saturated rings. The largest absolute Gasteiger partial charge is 0.332 e. The van der Waals surface area contributed by atoms with Crippen LogP contribution in [0.5, 0.6) is 0 Å². The van der Waals surface area contributed by atoms with Crippen LogP contribution >= 0.6 is 0 Å². The van der Waals surface area contributed by atoms with Gasteiger partial charge in [-0.05, 0) is 56.0 Å². The van der Waals surface area contributed by atoms with Crippen molar-refractivity contribution in [1.29, 1.82) is 0 Å². The van der Waals surface area contributed by atoms with Crippen molar-refractivity contribution in [2.24, 2.45) is 0 Å².